The molecule has 34 heteroatoms. The minimum atomic E-state index is -0.365. The average molecular weight is 3230 g/mol. The lowest BCUT2D eigenvalue weighted by molar-refractivity contribution is -0.905. The molecule has 5 aliphatic rings. The number of nitrogens with two attached hydrogens (primary N) is 2. The maximum absolute atomic E-state index is 12.9. The molecule has 614 valence electrons. The highest BCUT2D eigenvalue weighted by Crippen LogP contribution is 2.36. The number of amidine groups is 1. The highest BCUT2D eigenvalue weighted by molar-refractivity contribution is 14.1. The van der Waals surface area contributed by atoms with Crippen LogP contribution in [0.2, 0.25) is 0 Å². The number of aliphatic imine (C=N–C) groups is 1. The minimum Gasteiger partial charge on any atom is -0.462 e. The number of esters is 5. The fraction of sp³-hybridized carbons (Fsp3) is 0.443. The van der Waals surface area contributed by atoms with Crippen molar-refractivity contribution >= 4 is 403 Å². The number of nitrogens with one attached hydrogen (secondary N) is 4. The summed E-state index contributed by atoms with van der Waals surface area (Å²) in [5, 5.41) is 2.10. The number of ketones is 2. The maximum atomic E-state index is 12.9. The number of piperidine rings is 4. The lowest BCUT2D eigenvalue weighted by atomic mass is 9.98. The van der Waals surface area contributed by atoms with Gasteiger partial charge >= 0.3 is 29.8 Å². The van der Waals surface area contributed by atoms with Crippen LogP contribution in [0.15, 0.2) is 71.7 Å². The maximum Gasteiger partial charge on any atom is 0.340 e. The Bertz CT molecular complexity index is 4340. The van der Waals surface area contributed by atoms with Crippen molar-refractivity contribution in [3.05, 3.63) is 159 Å². The molecule has 0 amide bonds. The van der Waals surface area contributed by atoms with Crippen LogP contribution in [0.5, 0.6) is 0 Å². The molecule has 0 atom stereocenters. The van der Waals surface area contributed by atoms with Crippen LogP contribution in [0.3, 0.4) is 0 Å². The van der Waals surface area contributed by atoms with Crippen LogP contribution in [0.1, 0.15) is 154 Å². The average Bonchev–Trinajstić information content (AvgIpc) is 1.53. The van der Waals surface area contributed by atoms with E-state index in [4.69, 9.17) is 29.4 Å². The van der Waals surface area contributed by atoms with Crippen LogP contribution in [-0.4, -0.2) is 160 Å². The fourth-order valence-corrected chi connectivity index (χ4v) is 28.1. The zero-order chi connectivity index (χ0) is 82.8. The molecule has 0 aliphatic carbocycles. The van der Waals surface area contributed by atoms with Crippen LogP contribution in [0.4, 0.5) is 17.1 Å². The Labute approximate surface area is 868 Å². The molecule has 0 spiro atoms. The molecule has 5 heterocycles. The third-order valence-corrected chi connectivity index (χ3v) is 37.4. The molecule has 6 aromatic rings. The molecule has 6 aromatic carbocycles. The molecule has 0 aromatic heterocycles. The summed E-state index contributed by atoms with van der Waals surface area (Å²) in [6, 6.07) is 21.9. The quantitative estimate of drug-likeness (QED) is 0.00875. The highest BCUT2D eigenvalue weighted by Gasteiger charge is 2.30. The first kappa shape index (κ1) is 102. The number of Topliss-reactive ketones (excluding diaryl/α,β-unsaturated/α-hetero) is 2. The van der Waals surface area contributed by atoms with Gasteiger partial charge < -0.3 is 49.0 Å². The van der Waals surface area contributed by atoms with Crippen molar-refractivity contribution in [1.82, 2.24) is 0 Å². The van der Waals surface area contributed by atoms with Crippen molar-refractivity contribution in [3.8, 4) is 0 Å². The number of anilines is 1. The van der Waals surface area contributed by atoms with E-state index in [1.807, 2.05) is 60.7 Å². The first-order valence-corrected chi connectivity index (χ1v) is 53.1. The molecule has 11 rings (SSSR count). The number of carbonyl (C=O) groups excluding carboxylic acids is 7. The van der Waals surface area contributed by atoms with Gasteiger partial charge in [-0.1, -0.05) is 12.1 Å². The zero-order valence-corrected chi connectivity index (χ0v) is 95.0. The molecule has 5 aliphatic heterocycles. The molecule has 4 fully saturated rings. The van der Waals surface area contributed by atoms with Gasteiger partial charge in [0.15, 0.2) is 5.69 Å². The van der Waals surface area contributed by atoms with E-state index in [0.29, 0.717) is 72.8 Å². The van der Waals surface area contributed by atoms with Crippen molar-refractivity contribution in [3.63, 3.8) is 0 Å². The number of benzene rings is 6. The topological polar surface area (TPSA) is 238 Å². The second-order valence-corrected chi connectivity index (χ2v) is 45.0. The number of likely N-dealkylation sites (tertiary alicyclic amines) is 4. The van der Waals surface area contributed by atoms with Crippen molar-refractivity contribution in [1.29, 1.82) is 0 Å². The molecule has 0 unspecified atom stereocenters. The lowest BCUT2D eigenvalue weighted by Gasteiger charge is -2.26. The van der Waals surface area contributed by atoms with Gasteiger partial charge in [0.05, 0.1) is 123 Å². The van der Waals surface area contributed by atoms with E-state index < -0.39 is 0 Å². The molecule has 8 N–H and O–H groups in total. The van der Waals surface area contributed by atoms with Crippen LogP contribution in [0, 0.1) is 65.4 Å². The second-order valence-electron chi connectivity index (χ2n) is 28.1. The molecular formula is C79H91I15N7O12+5. The summed E-state index contributed by atoms with van der Waals surface area (Å²) in [4.78, 5) is 96.4. The predicted molar refractivity (Wildman–Crippen MR) is 569 cm³/mol. The van der Waals surface area contributed by atoms with E-state index in [1.165, 1.54) is 83.5 Å². The monoisotopic (exact) mass is 3230 g/mol. The molecule has 113 heavy (non-hydrogen) atoms. The third kappa shape index (κ3) is 33.2. The standard InChI is InChI=1S/C20H24I3NO4.C17H13I3N2O2.C14H17I3N2O2.2C14H16I3NO2/c1-12(25)10-14-17(21)15(11-13(2)26)19(23)16(18(14)22)20(27)28-9-8-24-6-4-3-5-7-24;18-10-8-11(16(20)12(19)9-10)17(23)24-7-3-6-15-21-13-4-1-2-5-14(13)22-15;1-19-4-2-8(3-5-19)7-21-14(20)11-9(15)6-10(16)13(18)12(11)17;1-18-6-4-9(5-7-18)8-20-14(19)12-10(15)2-3-11(16)13(12)17;15-10-4-5-11(16)13(17)12(10)14(19)20-9-8-18-6-2-1-3-7-18/h3-11H2,1-2H3;1-2,4-5,8-9H,3,6-7H2,(H,21,22);6,8H,2-5,7,18H2,1H3;2-3,9H,4-8H2,1H3;4-5H,1-3,6-9H2/p+5. The van der Waals surface area contributed by atoms with Crippen molar-refractivity contribution in [2.24, 2.45) is 16.8 Å². The fourth-order valence-electron chi connectivity index (χ4n) is 12.9. The van der Waals surface area contributed by atoms with E-state index in [1.54, 1.807) is 14.7 Å². The summed E-state index contributed by atoms with van der Waals surface area (Å²) >= 11 is 32.9. The van der Waals surface area contributed by atoms with Crippen LogP contribution in [0.25, 0.3) is 0 Å². The summed E-state index contributed by atoms with van der Waals surface area (Å²) in [7, 11) is 4.43. The van der Waals surface area contributed by atoms with Crippen molar-refractivity contribution in [2.45, 2.75) is 104 Å². The van der Waals surface area contributed by atoms with E-state index in [2.05, 4.69) is 369 Å². The number of carbonyl (C=O) groups is 7. The largest absolute Gasteiger partial charge is 0.462 e. The first-order valence-electron chi connectivity index (χ1n) is 36.9. The summed E-state index contributed by atoms with van der Waals surface area (Å²) in [5.74, 6) is 0.890. The molecule has 0 saturated carbocycles. The van der Waals surface area contributed by atoms with Gasteiger partial charge in [0, 0.05) is 113 Å². The number of rotatable bonds is 23. The number of hydrogen-bond donors (Lipinski definition) is 6. The number of nitrogens with zero attached hydrogens (tertiary/aromatic N) is 1. The molecular weight excluding hydrogens is 3140 g/mol. The van der Waals surface area contributed by atoms with E-state index in [0.717, 1.165) is 165 Å². The lowest BCUT2D eigenvalue weighted by Crippen LogP contribution is -3.13. The van der Waals surface area contributed by atoms with Gasteiger partial charge in [-0.2, -0.15) is 4.99 Å². The normalized spacial score (nSPS) is 17.3. The Kier molecular flexibility index (Phi) is 48.0. The van der Waals surface area contributed by atoms with Gasteiger partial charge in [0.2, 0.25) is 5.84 Å². The molecule has 0 radical (unpaired) electrons. The Hall–Kier alpha value is 2.23. The first-order chi connectivity index (χ1) is 53.7. The number of para-hydroxylation sites is 2. The molecule has 4 saturated heterocycles. The van der Waals surface area contributed by atoms with Crippen LogP contribution >= 0.6 is 339 Å². The second kappa shape index (κ2) is 53.0. The SMILES string of the molecule is CC(=O)Cc1c(I)c(CC(C)=O)c(I)c(C(=O)OCC[NH+]2CCCCC2)c1I.C[NH+]1CCC(COC(=O)c2c(I)cc(I)c(N)c2I)CC1.C[NH+]1CCC(COC(=O)c2c(I)ccc(I)c2I)CC1.O=C(OCCCC1=Nc2ccccc2[NH2+]1)c1cc(I)cc(I)c1I.O=C(OCC[NH+]1CCCCC1)c1c(I)ccc(I)c1I. The van der Waals surface area contributed by atoms with Gasteiger partial charge in [-0.3, -0.25) is 14.9 Å². The number of quaternary nitrogens is 5. The van der Waals surface area contributed by atoms with Crippen molar-refractivity contribution in [2.75, 3.05) is 118 Å². The predicted octanol–water partition coefficient (Wildman–Crippen LogP) is 14.8. The van der Waals surface area contributed by atoms with Gasteiger partial charge in [-0.05, 0) is 457 Å². The van der Waals surface area contributed by atoms with Gasteiger partial charge in [0.25, 0.3) is 0 Å². The smallest absolute Gasteiger partial charge is 0.340 e. The summed E-state index contributed by atoms with van der Waals surface area (Å²) in [5.41, 5.74) is 13.7. The number of hydrogen-bond acceptors (Lipinski definition) is 14. The summed E-state index contributed by atoms with van der Waals surface area (Å²) in [6.07, 6.45) is 14.3. The number of fused-ring (bicyclic) bond motifs is 1. The third-order valence-electron chi connectivity index (χ3n) is 19.3. The van der Waals surface area contributed by atoms with E-state index >= 15 is 0 Å². The number of ether oxygens (including phenoxy) is 5. The number of halogens is 15. The number of nitrogen functional groups attached to an aromatic ring is 1. The van der Waals surface area contributed by atoms with Crippen molar-refractivity contribution < 1.29 is 82.2 Å². The van der Waals surface area contributed by atoms with E-state index in [9.17, 15) is 33.6 Å². The summed E-state index contributed by atoms with van der Waals surface area (Å²) < 4.78 is 41.8. The Morgan fingerprint density at radius 1 is 0.434 bits per heavy atom. The van der Waals surface area contributed by atoms with Gasteiger partial charge in [-0.25, -0.2) is 24.0 Å². The Morgan fingerprint density at radius 2 is 0.858 bits per heavy atom. The Balaban J connectivity index is 0.000000197. The summed E-state index contributed by atoms with van der Waals surface area (Å²) in [6.45, 7) is 16.6. The zero-order valence-electron chi connectivity index (χ0n) is 62.7. The van der Waals surface area contributed by atoms with E-state index in [-0.39, 0.29) is 54.3 Å². The van der Waals surface area contributed by atoms with Crippen LogP contribution in [-0.2, 0) is 46.1 Å². The Morgan fingerprint density at radius 3 is 1.32 bits per heavy atom. The molecule has 19 nitrogen and oxygen atoms in total. The highest BCUT2D eigenvalue weighted by atomic mass is 127. The van der Waals surface area contributed by atoms with Crippen LogP contribution < -0.4 is 30.7 Å². The van der Waals surface area contributed by atoms with Gasteiger partial charge in [0.1, 0.15) is 43.6 Å². The molecule has 0 bridgehead atoms. The minimum absolute atomic E-state index is 0.0267. The van der Waals surface area contributed by atoms with Gasteiger partial charge in [-0.15, -0.1) is 0 Å².